The van der Waals surface area contributed by atoms with E-state index in [1.807, 2.05) is 0 Å². The number of rotatable bonds is 4. The minimum absolute atomic E-state index is 0.0277. The van der Waals surface area contributed by atoms with Crippen LogP contribution >= 0.6 is 0 Å². The van der Waals surface area contributed by atoms with Crippen molar-refractivity contribution in [2.75, 3.05) is 12.4 Å². The van der Waals surface area contributed by atoms with E-state index in [0.717, 1.165) is 19.3 Å². The van der Waals surface area contributed by atoms with Crippen molar-refractivity contribution in [2.24, 2.45) is 5.92 Å². The largest absolute Gasteiger partial charge is 0.383 e. The molecule has 0 aliphatic heterocycles. The van der Waals surface area contributed by atoms with Crippen LogP contribution in [0.3, 0.4) is 0 Å². The minimum Gasteiger partial charge on any atom is -0.383 e. The highest BCUT2D eigenvalue weighted by Gasteiger charge is 2.24. The SMILES string of the molecule is CNc1cc(C(=O)NC2CCCCC2C)ccc1[N+](=O)[O-]. The smallest absolute Gasteiger partial charge is 0.292 e. The molecule has 6 heteroatoms. The third-order valence-corrected chi connectivity index (χ3v) is 4.15. The highest BCUT2D eigenvalue weighted by Crippen LogP contribution is 2.26. The van der Waals surface area contributed by atoms with Gasteiger partial charge in [-0.05, 0) is 30.9 Å². The van der Waals surface area contributed by atoms with Gasteiger partial charge in [0.15, 0.2) is 0 Å². The monoisotopic (exact) mass is 291 g/mol. The van der Waals surface area contributed by atoms with Gasteiger partial charge in [0, 0.05) is 24.7 Å². The van der Waals surface area contributed by atoms with Crippen molar-refractivity contribution in [1.29, 1.82) is 0 Å². The second-order valence-electron chi connectivity index (χ2n) is 5.58. The maximum Gasteiger partial charge on any atom is 0.292 e. The number of hydrogen-bond acceptors (Lipinski definition) is 4. The van der Waals surface area contributed by atoms with Gasteiger partial charge < -0.3 is 10.6 Å². The lowest BCUT2D eigenvalue weighted by Gasteiger charge is -2.29. The lowest BCUT2D eigenvalue weighted by molar-refractivity contribution is -0.383. The van der Waals surface area contributed by atoms with Crippen LogP contribution < -0.4 is 10.6 Å². The number of benzene rings is 1. The first-order valence-corrected chi connectivity index (χ1v) is 7.30. The molecule has 2 unspecified atom stereocenters. The van der Waals surface area contributed by atoms with Crippen molar-refractivity contribution in [3.63, 3.8) is 0 Å². The summed E-state index contributed by atoms with van der Waals surface area (Å²) in [6.45, 7) is 2.15. The fraction of sp³-hybridized carbons (Fsp3) is 0.533. The maximum atomic E-state index is 12.3. The van der Waals surface area contributed by atoms with E-state index < -0.39 is 4.92 Å². The van der Waals surface area contributed by atoms with Crippen LogP contribution in [-0.4, -0.2) is 23.9 Å². The van der Waals surface area contributed by atoms with E-state index in [1.165, 1.54) is 24.6 Å². The van der Waals surface area contributed by atoms with Crippen LogP contribution in [0.4, 0.5) is 11.4 Å². The number of hydrogen-bond donors (Lipinski definition) is 2. The summed E-state index contributed by atoms with van der Waals surface area (Å²) in [6, 6.07) is 4.59. The van der Waals surface area contributed by atoms with Gasteiger partial charge in [0.2, 0.25) is 0 Å². The van der Waals surface area contributed by atoms with Crippen LogP contribution in [0.2, 0.25) is 0 Å². The normalized spacial score (nSPS) is 21.6. The molecule has 0 spiro atoms. The summed E-state index contributed by atoms with van der Waals surface area (Å²) in [5.41, 5.74) is 0.771. The Bertz CT molecular complexity index is 545. The summed E-state index contributed by atoms with van der Waals surface area (Å²) in [7, 11) is 1.60. The van der Waals surface area contributed by atoms with Crippen molar-refractivity contribution in [3.05, 3.63) is 33.9 Å². The lowest BCUT2D eigenvalue weighted by Crippen LogP contribution is -2.41. The number of anilines is 1. The molecule has 0 aromatic heterocycles. The van der Waals surface area contributed by atoms with Gasteiger partial charge in [-0.3, -0.25) is 14.9 Å². The fourth-order valence-corrected chi connectivity index (χ4v) is 2.82. The molecular weight excluding hydrogens is 270 g/mol. The Morgan fingerprint density at radius 2 is 2.05 bits per heavy atom. The second kappa shape index (κ2) is 6.56. The molecule has 2 atom stereocenters. The van der Waals surface area contributed by atoms with E-state index in [9.17, 15) is 14.9 Å². The molecule has 1 aliphatic carbocycles. The van der Waals surface area contributed by atoms with E-state index in [2.05, 4.69) is 17.6 Å². The zero-order chi connectivity index (χ0) is 15.4. The molecule has 2 N–H and O–H groups in total. The predicted molar refractivity (Wildman–Crippen MR) is 81.5 cm³/mol. The first-order valence-electron chi connectivity index (χ1n) is 7.30. The first-order chi connectivity index (χ1) is 10.0. The Morgan fingerprint density at radius 1 is 1.33 bits per heavy atom. The van der Waals surface area contributed by atoms with E-state index in [0.29, 0.717) is 17.2 Å². The van der Waals surface area contributed by atoms with Crippen LogP contribution in [0, 0.1) is 16.0 Å². The molecule has 1 saturated carbocycles. The molecule has 21 heavy (non-hydrogen) atoms. The quantitative estimate of drug-likeness (QED) is 0.660. The number of amides is 1. The minimum atomic E-state index is -0.462. The average Bonchev–Trinajstić information content (AvgIpc) is 2.48. The number of carbonyl (C=O) groups excluding carboxylic acids is 1. The van der Waals surface area contributed by atoms with Gasteiger partial charge in [0.25, 0.3) is 11.6 Å². The number of nitrogens with zero attached hydrogens (tertiary/aromatic N) is 1. The Hall–Kier alpha value is -2.11. The van der Waals surface area contributed by atoms with E-state index in [-0.39, 0.29) is 17.6 Å². The standard InChI is InChI=1S/C15H21N3O3/c1-10-5-3-4-6-12(10)17-15(19)11-7-8-14(18(20)21)13(9-11)16-2/h7-10,12,16H,3-6H2,1-2H3,(H,17,19). The van der Waals surface area contributed by atoms with E-state index in [1.54, 1.807) is 7.05 Å². The zero-order valence-corrected chi connectivity index (χ0v) is 12.4. The van der Waals surface area contributed by atoms with Crippen molar-refractivity contribution in [3.8, 4) is 0 Å². The summed E-state index contributed by atoms with van der Waals surface area (Å²) in [4.78, 5) is 22.7. The van der Waals surface area contributed by atoms with Gasteiger partial charge in [0.1, 0.15) is 5.69 Å². The zero-order valence-electron chi connectivity index (χ0n) is 12.4. The van der Waals surface area contributed by atoms with Crippen molar-refractivity contribution in [2.45, 2.75) is 38.6 Å². The van der Waals surface area contributed by atoms with Crippen LogP contribution in [0.5, 0.6) is 0 Å². The Morgan fingerprint density at radius 3 is 2.67 bits per heavy atom. The van der Waals surface area contributed by atoms with Crippen LogP contribution in [0.1, 0.15) is 43.0 Å². The van der Waals surface area contributed by atoms with Gasteiger partial charge in [-0.1, -0.05) is 19.8 Å². The lowest BCUT2D eigenvalue weighted by atomic mass is 9.86. The molecular formula is C15H21N3O3. The van der Waals surface area contributed by atoms with Crippen LogP contribution in [0.25, 0.3) is 0 Å². The molecule has 2 rings (SSSR count). The average molecular weight is 291 g/mol. The molecule has 1 aromatic rings. The molecule has 1 aromatic carbocycles. The number of carbonyl (C=O) groups is 1. The fourth-order valence-electron chi connectivity index (χ4n) is 2.82. The van der Waals surface area contributed by atoms with Gasteiger partial charge in [-0.2, -0.15) is 0 Å². The molecule has 0 heterocycles. The Kier molecular flexibility index (Phi) is 4.77. The predicted octanol–water partition coefficient (Wildman–Crippen LogP) is 2.95. The first kappa shape index (κ1) is 15.3. The van der Waals surface area contributed by atoms with E-state index in [4.69, 9.17) is 0 Å². The molecule has 0 saturated heterocycles. The van der Waals surface area contributed by atoms with Gasteiger partial charge in [-0.25, -0.2) is 0 Å². The van der Waals surface area contributed by atoms with Gasteiger partial charge in [0.05, 0.1) is 4.92 Å². The van der Waals surface area contributed by atoms with Crippen molar-refractivity contribution >= 4 is 17.3 Å². The van der Waals surface area contributed by atoms with Crippen molar-refractivity contribution < 1.29 is 9.72 Å². The van der Waals surface area contributed by atoms with E-state index >= 15 is 0 Å². The topological polar surface area (TPSA) is 84.3 Å². The molecule has 0 radical (unpaired) electrons. The van der Waals surface area contributed by atoms with Crippen LogP contribution in [-0.2, 0) is 0 Å². The third-order valence-electron chi connectivity index (χ3n) is 4.15. The third kappa shape index (κ3) is 3.51. The molecule has 0 bridgehead atoms. The number of nitro benzene ring substituents is 1. The molecule has 6 nitrogen and oxygen atoms in total. The highest BCUT2D eigenvalue weighted by molar-refractivity contribution is 5.96. The molecule has 114 valence electrons. The summed E-state index contributed by atoms with van der Waals surface area (Å²) < 4.78 is 0. The van der Waals surface area contributed by atoms with Gasteiger partial charge in [-0.15, -0.1) is 0 Å². The molecule has 1 fully saturated rings. The van der Waals surface area contributed by atoms with Crippen molar-refractivity contribution in [1.82, 2.24) is 5.32 Å². The highest BCUT2D eigenvalue weighted by atomic mass is 16.6. The molecule has 1 aliphatic rings. The summed E-state index contributed by atoms with van der Waals surface area (Å²) >= 11 is 0. The summed E-state index contributed by atoms with van der Waals surface area (Å²) in [6.07, 6.45) is 4.48. The summed E-state index contributed by atoms with van der Waals surface area (Å²) in [5.74, 6) is 0.310. The molecule has 1 amide bonds. The maximum absolute atomic E-state index is 12.3. The Balaban J connectivity index is 2.13. The number of nitro groups is 1. The second-order valence-corrected chi connectivity index (χ2v) is 5.58. The number of nitrogens with one attached hydrogen (secondary N) is 2. The summed E-state index contributed by atoms with van der Waals surface area (Å²) in [5, 5.41) is 16.7. The Labute approximate surface area is 124 Å². The van der Waals surface area contributed by atoms with Crippen LogP contribution in [0.15, 0.2) is 18.2 Å². The van der Waals surface area contributed by atoms with Gasteiger partial charge >= 0.3 is 0 Å².